The molecular formula is C25H28N2O6. The number of rotatable bonds is 7. The third-order valence-electron chi connectivity index (χ3n) is 6.53. The van der Waals surface area contributed by atoms with Crippen molar-refractivity contribution >= 4 is 18.0 Å². The maximum absolute atomic E-state index is 12.9. The van der Waals surface area contributed by atoms with E-state index in [1.165, 1.54) is 4.90 Å². The quantitative estimate of drug-likeness (QED) is 0.595. The molecule has 2 aromatic rings. The van der Waals surface area contributed by atoms with Gasteiger partial charge >= 0.3 is 12.1 Å². The minimum Gasteiger partial charge on any atom is -0.480 e. The number of carbonyl (C=O) groups is 3. The summed E-state index contributed by atoms with van der Waals surface area (Å²) in [7, 11) is 0. The maximum atomic E-state index is 12.9. The summed E-state index contributed by atoms with van der Waals surface area (Å²) in [5, 5.41) is 21.8. The first-order chi connectivity index (χ1) is 15.9. The Balaban J connectivity index is 1.35. The Labute approximate surface area is 192 Å². The fourth-order valence-electron chi connectivity index (χ4n) is 4.79. The van der Waals surface area contributed by atoms with Crippen LogP contribution in [-0.4, -0.2) is 64.9 Å². The largest absolute Gasteiger partial charge is 0.480 e. The Hall–Kier alpha value is -3.39. The van der Waals surface area contributed by atoms with Gasteiger partial charge in [-0.05, 0) is 28.7 Å². The molecule has 1 heterocycles. The molecule has 0 spiro atoms. The zero-order valence-corrected chi connectivity index (χ0v) is 18.4. The van der Waals surface area contributed by atoms with Crippen LogP contribution in [0.3, 0.4) is 0 Å². The number of β-amino-alcohol motifs (C(OH)–C–C–N with tert-alkyl or cyclic N) is 1. The highest BCUT2D eigenvalue weighted by Crippen LogP contribution is 2.44. The number of ether oxygens (including phenoxy) is 1. The van der Waals surface area contributed by atoms with Gasteiger partial charge in [-0.15, -0.1) is 0 Å². The van der Waals surface area contributed by atoms with Gasteiger partial charge in [0.1, 0.15) is 12.6 Å². The van der Waals surface area contributed by atoms with E-state index in [0.29, 0.717) is 6.42 Å². The molecule has 2 amide bonds. The number of likely N-dealkylation sites (tertiary alicyclic amines) is 1. The minimum atomic E-state index is -1.14. The van der Waals surface area contributed by atoms with E-state index in [1.54, 1.807) is 6.92 Å². The number of carbonyl (C=O) groups excluding carboxylic acids is 2. The van der Waals surface area contributed by atoms with Crippen LogP contribution in [0.15, 0.2) is 48.5 Å². The average Bonchev–Trinajstić information content (AvgIpc) is 3.36. The first kappa shape index (κ1) is 22.8. The molecular weight excluding hydrogens is 424 g/mol. The van der Waals surface area contributed by atoms with E-state index in [-0.39, 0.29) is 37.9 Å². The summed E-state index contributed by atoms with van der Waals surface area (Å²) in [5.74, 6) is -2.19. The van der Waals surface area contributed by atoms with Crippen molar-refractivity contribution in [1.29, 1.82) is 0 Å². The first-order valence-electron chi connectivity index (χ1n) is 11.2. The number of aliphatic hydroxyl groups is 1. The molecule has 1 saturated heterocycles. The lowest BCUT2D eigenvalue weighted by molar-refractivity contribution is -0.149. The van der Waals surface area contributed by atoms with E-state index in [9.17, 15) is 24.6 Å². The molecule has 33 heavy (non-hydrogen) atoms. The van der Waals surface area contributed by atoms with Crippen LogP contribution in [0.5, 0.6) is 0 Å². The van der Waals surface area contributed by atoms with Crippen molar-refractivity contribution in [2.24, 2.45) is 5.92 Å². The minimum absolute atomic E-state index is 0.0112. The van der Waals surface area contributed by atoms with E-state index in [4.69, 9.17) is 4.74 Å². The normalized spacial score (nSPS) is 20.1. The number of aliphatic carboxylic acids is 1. The van der Waals surface area contributed by atoms with Gasteiger partial charge < -0.3 is 25.2 Å². The first-order valence-corrected chi connectivity index (χ1v) is 11.2. The summed E-state index contributed by atoms with van der Waals surface area (Å²) in [6.45, 7) is 1.98. The van der Waals surface area contributed by atoms with Gasteiger partial charge in [0.15, 0.2) is 0 Å². The molecule has 4 rings (SSSR count). The highest BCUT2D eigenvalue weighted by atomic mass is 16.5. The number of fused-ring (bicyclic) bond motifs is 3. The van der Waals surface area contributed by atoms with Crippen molar-refractivity contribution in [2.45, 2.75) is 37.8 Å². The van der Waals surface area contributed by atoms with Gasteiger partial charge in [-0.3, -0.25) is 4.79 Å². The van der Waals surface area contributed by atoms with Crippen LogP contribution in [0.2, 0.25) is 0 Å². The van der Waals surface area contributed by atoms with E-state index >= 15 is 0 Å². The Kier molecular flexibility index (Phi) is 6.65. The summed E-state index contributed by atoms with van der Waals surface area (Å²) in [6, 6.07) is 15.1. The molecule has 0 saturated carbocycles. The van der Waals surface area contributed by atoms with E-state index < -0.39 is 30.1 Å². The molecule has 2 aliphatic rings. The van der Waals surface area contributed by atoms with Gasteiger partial charge in [0.05, 0.1) is 12.0 Å². The molecule has 1 aliphatic carbocycles. The predicted octanol–water partition coefficient (Wildman–Crippen LogP) is 2.60. The van der Waals surface area contributed by atoms with Crippen molar-refractivity contribution in [3.05, 3.63) is 59.7 Å². The summed E-state index contributed by atoms with van der Waals surface area (Å²) in [5.41, 5.74) is 4.50. The molecule has 8 nitrogen and oxygen atoms in total. The van der Waals surface area contributed by atoms with Crippen molar-refractivity contribution in [3.63, 3.8) is 0 Å². The van der Waals surface area contributed by atoms with Crippen molar-refractivity contribution in [2.75, 3.05) is 19.7 Å². The highest BCUT2D eigenvalue weighted by molar-refractivity contribution is 5.86. The van der Waals surface area contributed by atoms with Crippen LogP contribution < -0.4 is 5.32 Å². The SMILES string of the molecule is CCC(CNC(=O)OCC1c2ccccc2-c2ccccc21)C(=O)N1CC(O)C[C@H]1C(=O)O. The molecule has 3 N–H and O–H groups in total. The van der Waals surface area contributed by atoms with Gasteiger partial charge in [0, 0.05) is 25.4 Å². The summed E-state index contributed by atoms with van der Waals surface area (Å²) < 4.78 is 5.51. The van der Waals surface area contributed by atoms with Gasteiger partial charge in [0.2, 0.25) is 5.91 Å². The number of amides is 2. The van der Waals surface area contributed by atoms with Crippen molar-refractivity contribution in [3.8, 4) is 11.1 Å². The molecule has 1 aliphatic heterocycles. The third-order valence-corrected chi connectivity index (χ3v) is 6.53. The molecule has 174 valence electrons. The zero-order valence-electron chi connectivity index (χ0n) is 18.4. The highest BCUT2D eigenvalue weighted by Gasteiger charge is 2.40. The van der Waals surface area contributed by atoms with Crippen molar-refractivity contribution in [1.82, 2.24) is 10.2 Å². The Morgan fingerprint density at radius 2 is 1.70 bits per heavy atom. The standard InChI is InChI=1S/C25H28N2O6/c1-2-15(23(29)27-13-16(28)11-22(27)24(30)31)12-26-25(32)33-14-21-19-9-5-3-7-17(19)18-8-4-6-10-20(18)21/h3-10,15-16,21-22,28H,2,11-14H2,1H3,(H,26,32)(H,30,31)/t15?,16?,22-/m0/s1. The number of hydrogen-bond acceptors (Lipinski definition) is 5. The Bertz CT molecular complexity index is 1010. The Morgan fingerprint density at radius 3 is 2.27 bits per heavy atom. The van der Waals surface area contributed by atoms with Crippen LogP contribution in [-0.2, 0) is 14.3 Å². The van der Waals surface area contributed by atoms with Crippen LogP contribution in [0, 0.1) is 5.92 Å². The number of nitrogens with zero attached hydrogens (tertiary/aromatic N) is 1. The predicted molar refractivity (Wildman–Crippen MR) is 121 cm³/mol. The van der Waals surface area contributed by atoms with E-state index in [1.807, 2.05) is 36.4 Å². The number of carboxylic acid groups (broad SMARTS) is 1. The van der Waals surface area contributed by atoms with E-state index in [0.717, 1.165) is 22.3 Å². The van der Waals surface area contributed by atoms with Gasteiger partial charge in [0.25, 0.3) is 0 Å². The zero-order chi connectivity index (χ0) is 23.5. The smallest absolute Gasteiger partial charge is 0.407 e. The number of benzene rings is 2. The fourth-order valence-corrected chi connectivity index (χ4v) is 4.79. The van der Waals surface area contributed by atoms with Crippen LogP contribution >= 0.6 is 0 Å². The summed E-state index contributed by atoms with van der Waals surface area (Å²) >= 11 is 0. The lowest BCUT2D eigenvalue weighted by atomic mass is 9.98. The monoisotopic (exact) mass is 452 g/mol. The second-order valence-corrected chi connectivity index (χ2v) is 8.55. The molecule has 2 aromatic carbocycles. The third kappa shape index (κ3) is 4.57. The molecule has 0 radical (unpaired) electrons. The molecule has 0 aromatic heterocycles. The van der Waals surface area contributed by atoms with Crippen LogP contribution in [0.1, 0.15) is 36.8 Å². The lowest BCUT2D eigenvalue weighted by Crippen LogP contribution is -2.46. The summed E-state index contributed by atoms with van der Waals surface area (Å²) in [6.07, 6.45) is -1.05. The van der Waals surface area contributed by atoms with E-state index in [2.05, 4.69) is 17.4 Å². The molecule has 3 atom stereocenters. The molecule has 1 fully saturated rings. The molecule has 0 bridgehead atoms. The second kappa shape index (κ2) is 9.62. The molecule has 2 unspecified atom stereocenters. The number of alkyl carbamates (subject to hydrolysis) is 1. The van der Waals surface area contributed by atoms with Gasteiger partial charge in [-0.25, -0.2) is 9.59 Å². The number of carboxylic acids is 1. The van der Waals surface area contributed by atoms with Crippen LogP contribution in [0.4, 0.5) is 4.79 Å². The topological polar surface area (TPSA) is 116 Å². The summed E-state index contributed by atoms with van der Waals surface area (Å²) in [4.78, 5) is 37.9. The molecule has 8 heteroatoms. The lowest BCUT2D eigenvalue weighted by Gasteiger charge is -2.26. The van der Waals surface area contributed by atoms with Gasteiger partial charge in [-0.2, -0.15) is 0 Å². The van der Waals surface area contributed by atoms with Crippen LogP contribution in [0.25, 0.3) is 11.1 Å². The number of hydrogen-bond donors (Lipinski definition) is 3. The Morgan fingerprint density at radius 1 is 1.09 bits per heavy atom. The average molecular weight is 453 g/mol. The number of aliphatic hydroxyl groups excluding tert-OH is 1. The number of nitrogens with one attached hydrogen (secondary N) is 1. The van der Waals surface area contributed by atoms with Crippen molar-refractivity contribution < 1.29 is 29.3 Å². The maximum Gasteiger partial charge on any atom is 0.407 e. The second-order valence-electron chi connectivity index (χ2n) is 8.55. The van der Waals surface area contributed by atoms with Gasteiger partial charge in [-0.1, -0.05) is 55.5 Å². The fraction of sp³-hybridized carbons (Fsp3) is 0.400.